The molecule has 0 aromatic heterocycles. The van der Waals surface area contributed by atoms with Crippen molar-refractivity contribution in [3.05, 3.63) is 87.9 Å². The molecule has 0 bridgehead atoms. The van der Waals surface area contributed by atoms with Crippen LogP contribution in [-0.2, 0) is 26.2 Å². The van der Waals surface area contributed by atoms with E-state index in [1.807, 2.05) is 27.7 Å². The van der Waals surface area contributed by atoms with Gasteiger partial charge in [-0.1, -0.05) is 66.0 Å². The van der Waals surface area contributed by atoms with Crippen molar-refractivity contribution in [2.45, 2.75) is 64.1 Å². The summed E-state index contributed by atoms with van der Waals surface area (Å²) < 4.78 is 34.7. The molecular weight excluding hydrogens is 597 g/mol. The van der Waals surface area contributed by atoms with E-state index in [4.69, 9.17) is 27.9 Å². The van der Waals surface area contributed by atoms with Gasteiger partial charge in [-0.2, -0.15) is 0 Å². The second-order valence-corrected chi connectivity index (χ2v) is 13.6. The minimum absolute atomic E-state index is 0.0142. The number of amides is 2. The topological polar surface area (TPSA) is 96.0 Å². The van der Waals surface area contributed by atoms with Gasteiger partial charge in [-0.25, -0.2) is 8.42 Å². The highest BCUT2D eigenvalue weighted by Gasteiger charge is 2.35. The first kappa shape index (κ1) is 33.2. The van der Waals surface area contributed by atoms with E-state index in [1.54, 1.807) is 49.4 Å². The van der Waals surface area contributed by atoms with Gasteiger partial charge in [0.2, 0.25) is 11.8 Å². The fourth-order valence-electron chi connectivity index (χ4n) is 4.39. The maximum absolute atomic E-state index is 14.3. The summed E-state index contributed by atoms with van der Waals surface area (Å²) in [6, 6.07) is 16.9. The minimum atomic E-state index is -4.29. The minimum Gasteiger partial charge on any atom is -0.495 e. The van der Waals surface area contributed by atoms with Gasteiger partial charge in [0.25, 0.3) is 10.0 Å². The number of aryl methyl sites for hydroxylation is 1. The van der Waals surface area contributed by atoms with Crippen LogP contribution >= 0.6 is 23.2 Å². The first-order valence-electron chi connectivity index (χ1n) is 13.5. The molecule has 0 aliphatic carbocycles. The smallest absolute Gasteiger partial charge is 0.264 e. The zero-order valence-electron chi connectivity index (χ0n) is 24.6. The van der Waals surface area contributed by atoms with Crippen LogP contribution in [0.2, 0.25) is 10.0 Å². The summed E-state index contributed by atoms with van der Waals surface area (Å²) in [6.45, 7) is 8.53. The molecule has 0 radical (unpaired) electrons. The van der Waals surface area contributed by atoms with Gasteiger partial charge in [0.1, 0.15) is 18.3 Å². The molecule has 0 fully saturated rings. The molecule has 226 valence electrons. The van der Waals surface area contributed by atoms with Gasteiger partial charge >= 0.3 is 0 Å². The highest BCUT2D eigenvalue weighted by Crippen LogP contribution is 2.35. The van der Waals surface area contributed by atoms with Gasteiger partial charge in [0, 0.05) is 22.1 Å². The molecule has 0 saturated carbocycles. The van der Waals surface area contributed by atoms with Crippen molar-refractivity contribution in [2.75, 3.05) is 18.0 Å². The Kier molecular flexibility index (Phi) is 10.9. The van der Waals surface area contributed by atoms with Crippen LogP contribution < -0.4 is 14.4 Å². The van der Waals surface area contributed by atoms with Crippen LogP contribution in [0, 0.1) is 6.92 Å². The fourth-order valence-corrected chi connectivity index (χ4v) is 6.17. The Bertz CT molecular complexity index is 1520. The fraction of sp³-hybridized carbons (Fsp3) is 0.355. The summed E-state index contributed by atoms with van der Waals surface area (Å²) >= 11 is 12.7. The van der Waals surface area contributed by atoms with Crippen molar-refractivity contribution in [1.82, 2.24) is 10.2 Å². The number of methoxy groups -OCH3 is 1. The quantitative estimate of drug-likeness (QED) is 0.270. The van der Waals surface area contributed by atoms with E-state index in [0.717, 1.165) is 9.87 Å². The first-order valence-corrected chi connectivity index (χ1v) is 15.7. The Labute approximate surface area is 258 Å². The number of nitrogens with one attached hydrogen (secondary N) is 1. The van der Waals surface area contributed by atoms with Crippen molar-refractivity contribution in [1.29, 1.82) is 0 Å². The van der Waals surface area contributed by atoms with Crippen LogP contribution in [0.4, 0.5) is 5.69 Å². The van der Waals surface area contributed by atoms with Gasteiger partial charge in [-0.15, -0.1) is 0 Å². The summed E-state index contributed by atoms with van der Waals surface area (Å²) in [7, 11) is -2.89. The molecule has 1 N–H and O–H groups in total. The van der Waals surface area contributed by atoms with Crippen molar-refractivity contribution in [3.63, 3.8) is 0 Å². The van der Waals surface area contributed by atoms with Crippen LogP contribution in [-0.4, -0.2) is 50.4 Å². The number of hydrogen-bond donors (Lipinski definition) is 1. The van der Waals surface area contributed by atoms with E-state index in [-0.39, 0.29) is 40.2 Å². The molecule has 1 atom stereocenters. The lowest BCUT2D eigenvalue weighted by atomic mass is 10.1. The maximum Gasteiger partial charge on any atom is 0.264 e. The highest BCUT2D eigenvalue weighted by atomic mass is 35.5. The van der Waals surface area contributed by atoms with E-state index < -0.39 is 34.1 Å². The predicted molar refractivity (Wildman–Crippen MR) is 168 cm³/mol. The molecule has 1 unspecified atom stereocenters. The summed E-state index contributed by atoms with van der Waals surface area (Å²) in [4.78, 5) is 29.1. The van der Waals surface area contributed by atoms with Crippen LogP contribution in [0.15, 0.2) is 71.6 Å². The van der Waals surface area contributed by atoms with E-state index in [9.17, 15) is 18.0 Å². The van der Waals surface area contributed by atoms with Crippen LogP contribution in [0.25, 0.3) is 0 Å². The standard InChI is InChI=1S/C31H37Cl2N3O5S/c1-7-26(30(38)34-31(3,4)5)35(19-22-10-8-9-11-25(22)33)29(37)20-36(27-18-23(32)14-17-28(27)41-6)42(39,40)24-15-12-21(2)13-16-24/h8-18,26H,7,19-20H2,1-6H3,(H,34,38). The lowest BCUT2D eigenvalue weighted by Crippen LogP contribution is -2.55. The van der Waals surface area contributed by atoms with Gasteiger partial charge < -0.3 is 15.0 Å². The number of carbonyl (C=O) groups excluding carboxylic acids is 2. The Morgan fingerprint density at radius 2 is 1.64 bits per heavy atom. The van der Waals surface area contributed by atoms with Gasteiger partial charge in [-0.05, 0) is 76.1 Å². The second kappa shape index (κ2) is 13.8. The normalized spacial score (nSPS) is 12.4. The number of carbonyl (C=O) groups is 2. The van der Waals surface area contributed by atoms with Gasteiger partial charge in [0.05, 0.1) is 17.7 Å². The molecule has 8 nitrogen and oxygen atoms in total. The monoisotopic (exact) mass is 633 g/mol. The summed E-state index contributed by atoms with van der Waals surface area (Å²) in [5, 5.41) is 3.62. The van der Waals surface area contributed by atoms with Crippen molar-refractivity contribution >= 4 is 50.7 Å². The molecule has 3 aromatic rings. The lowest BCUT2D eigenvalue weighted by Gasteiger charge is -2.35. The lowest BCUT2D eigenvalue weighted by molar-refractivity contribution is -0.141. The molecule has 42 heavy (non-hydrogen) atoms. The SMILES string of the molecule is CCC(C(=O)NC(C)(C)C)N(Cc1ccccc1Cl)C(=O)CN(c1cc(Cl)ccc1OC)S(=O)(=O)c1ccc(C)cc1. The number of ether oxygens (including phenoxy) is 1. The number of hydrogen-bond acceptors (Lipinski definition) is 5. The molecule has 11 heteroatoms. The van der Waals surface area contributed by atoms with Crippen LogP contribution in [0.3, 0.4) is 0 Å². The number of halogens is 2. The molecule has 0 aliphatic rings. The third-order valence-electron chi connectivity index (χ3n) is 6.48. The Morgan fingerprint density at radius 3 is 2.21 bits per heavy atom. The second-order valence-electron chi connectivity index (χ2n) is 10.9. The third-order valence-corrected chi connectivity index (χ3v) is 8.86. The number of anilines is 1. The predicted octanol–water partition coefficient (Wildman–Crippen LogP) is 6.23. The van der Waals surface area contributed by atoms with E-state index >= 15 is 0 Å². The Balaban J connectivity index is 2.15. The zero-order valence-corrected chi connectivity index (χ0v) is 27.0. The number of nitrogens with zero attached hydrogens (tertiary/aromatic N) is 2. The van der Waals surface area contributed by atoms with Gasteiger partial charge in [0.15, 0.2) is 0 Å². The van der Waals surface area contributed by atoms with Crippen molar-refractivity contribution in [3.8, 4) is 5.75 Å². The third kappa shape index (κ3) is 8.18. The van der Waals surface area contributed by atoms with Crippen LogP contribution in [0.5, 0.6) is 5.75 Å². The Morgan fingerprint density at radius 1 is 1.00 bits per heavy atom. The molecular formula is C31H37Cl2N3O5S. The summed E-state index contributed by atoms with van der Waals surface area (Å²) in [5.41, 5.74) is 1.02. The van der Waals surface area contributed by atoms with E-state index in [0.29, 0.717) is 10.6 Å². The van der Waals surface area contributed by atoms with Gasteiger partial charge in [-0.3, -0.25) is 13.9 Å². The Hall–Kier alpha value is -3.27. The summed E-state index contributed by atoms with van der Waals surface area (Å²) in [6.07, 6.45) is 0.281. The molecule has 0 spiro atoms. The number of rotatable bonds is 11. The summed E-state index contributed by atoms with van der Waals surface area (Å²) in [5.74, 6) is -0.764. The number of sulfonamides is 1. The molecule has 0 aliphatic heterocycles. The average Bonchev–Trinajstić information content (AvgIpc) is 2.91. The molecule has 0 saturated heterocycles. The van der Waals surface area contributed by atoms with E-state index in [2.05, 4.69) is 5.32 Å². The molecule has 2 amide bonds. The van der Waals surface area contributed by atoms with E-state index in [1.165, 1.54) is 36.3 Å². The van der Waals surface area contributed by atoms with Crippen molar-refractivity contribution in [2.24, 2.45) is 0 Å². The highest BCUT2D eigenvalue weighted by molar-refractivity contribution is 7.92. The number of benzene rings is 3. The molecule has 0 heterocycles. The van der Waals surface area contributed by atoms with Crippen LogP contribution in [0.1, 0.15) is 45.2 Å². The van der Waals surface area contributed by atoms with Crippen molar-refractivity contribution < 1.29 is 22.7 Å². The molecule has 3 rings (SSSR count). The largest absolute Gasteiger partial charge is 0.495 e. The maximum atomic E-state index is 14.3. The molecule has 3 aromatic carbocycles. The zero-order chi connectivity index (χ0) is 31.2. The first-order chi connectivity index (χ1) is 19.7. The average molecular weight is 635 g/mol.